The van der Waals surface area contributed by atoms with Crippen LogP contribution in [-0.4, -0.2) is 34.2 Å². The van der Waals surface area contributed by atoms with E-state index in [1.807, 2.05) is 6.20 Å². The molecule has 3 rings (SSSR count). The molecule has 0 spiro atoms. The molecule has 0 bridgehead atoms. The molecule has 20 heavy (non-hydrogen) atoms. The van der Waals surface area contributed by atoms with Crippen LogP contribution in [0.4, 0.5) is 9.18 Å². The number of nitrogens with one attached hydrogen (secondary N) is 1. The lowest BCUT2D eigenvalue weighted by Crippen LogP contribution is -2.37. The molecule has 1 aromatic heterocycles. The first kappa shape index (κ1) is 13.0. The monoisotopic (exact) mass is 276 g/mol. The van der Waals surface area contributed by atoms with Crippen molar-refractivity contribution in [2.45, 2.75) is 19.3 Å². The molecule has 0 aliphatic carbocycles. The number of carboxylic acid groups (broad SMARTS) is 1. The standard InChI is InChI=1S/C15H17FN2O2/c16-12-1-2-14-13(8-12)11(9-17-14)7-10-3-5-18(6-4-10)15(19)20/h1-2,8-10,17H,3-7H2,(H,19,20). The van der Waals surface area contributed by atoms with Crippen molar-refractivity contribution in [1.82, 2.24) is 9.88 Å². The minimum atomic E-state index is -0.836. The quantitative estimate of drug-likeness (QED) is 0.884. The van der Waals surface area contributed by atoms with E-state index in [0.717, 1.165) is 35.7 Å². The molecule has 5 heteroatoms. The Morgan fingerprint density at radius 2 is 2.15 bits per heavy atom. The van der Waals surface area contributed by atoms with Crippen LogP contribution < -0.4 is 0 Å². The van der Waals surface area contributed by atoms with Crippen molar-refractivity contribution >= 4 is 17.0 Å². The Hall–Kier alpha value is -2.04. The van der Waals surface area contributed by atoms with E-state index in [1.165, 1.54) is 11.0 Å². The second kappa shape index (κ2) is 5.15. The number of piperidine rings is 1. The Balaban J connectivity index is 1.71. The number of fused-ring (bicyclic) bond motifs is 1. The Kier molecular flexibility index (Phi) is 3.34. The number of amides is 1. The summed E-state index contributed by atoms with van der Waals surface area (Å²) in [5.41, 5.74) is 2.07. The zero-order valence-electron chi connectivity index (χ0n) is 11.1. The van der Waals surface area contributed by atoms with Gasteiger partial charge in [-0.3, -0.25) is 0 Å². The van der Waals surface area contributed by atoms with Crippen LogP contribution in [0.15, 0.2) is 24.4 Å². The van der Waals surface area contributed by atoms with E-state index in [1.54, 1.807) is 12.1 Å². The molecule has 1 aromatic carbocycles. The predicted molar refractivity (Wildman–Crippen MR) is 74.3 cm³/mol. The third-order valence-corrected chi connectivity index (χ3v) is 4.12. The minimum Gasteiger partial charge on any atom is -0.465 e. The first-order valence-corrected chi connectivity index (χ1v) is 6.87. The maximum atomic E-state index is 13.3. The van der Waals surface area contributed by atoms with Crippen LogP contribution >= 0.6 is 0 Å². The molecular weight excluding hydrogens is 259 g/mol. The number of aromatic nitrogens is 1. The second-order valence-electron chi connectivity index (χ2n) is 5.42. The summed E-state index contributed by atoms with van der Waals surface area (Å²) in [4.78, 5) is 15.5. The highest BCUT2D eigenvalue weighted by molar-refractivity contribution is 5.83. The van der Waals surface area contributed by atoms with E-state index in [4.69, 9.17) is 5.11 Å². The Labute approximate surface area is 116 Å². The van der Waals surface area contributed by atoms with Crippen molar-refractivity contribution in [3.05, 3.63) is 35.8 Å². The van der Waals surface area contributed by atoms with Gasteiger partial charge in [-0.2, -0.15) is 0 Å². The third kappa shape index (κ3) is 2.48. The molecule has 0 radical (unpaired) electrons. The van der Waals surface area contributed by atoms with E-state index in [0.29, 0.717) is 19.0 Å². The number of nitrogens with zero attached hydrogens (tertiary/aromatic N) is 1. The van der Waals surface area contributed by atoms with Crippen LogP contribution in [0, 0.1) is 11.7 Å². The molecule has 0 unspecified atom stereocenters. The van der Waals surface area contributed by atoms with E-state index < -0.39 is 6.09 Å². The summed E-state index contributed by atoms with van der Waals surface area (Å²) >= 11 is 0. The van der Waals surface area contributed by atoms with Crippen molar-refractivity contribution in [3.63, 3.8) is 0 Å². The molecule has 1 aliphatic rings. The highest BCUT2D eigenvalue weighted by Gasteiger charge is 2.23. The Bertz CT molecular complexity index is 630. The summed E-state index contributed by atoms with van der Waals surface area (Å²) < 4.78 is 13.3. The van der Waals surface area contributed by atoms with Gasteiger partial charge in [0, 0.05) is 30.2 Å². The van der Waals surface area contributed by atoms with Crippen LogP contribution in [-0.2, 0) is 6.42 Å². The second-order valence-corrected chi connectivity index (χ2v) is 5.42. The molecule has 4 nitrogen and oxygen atoms in total. The lowest BCUT2D eigenvalue weighted by Gasteiger charge is -2.29. The van der Waals surface area contributed by atoms with Gasteiger partial charge in [-0.1, -0.05) is 0 Å². The summed E-state index contributed by atoms with van der Waals surface area (Å²) in [6, 6.07) is 4.77. The first-order valence-electron chi connectivity index (χ1n) is 6.87. The fraction of sp³-hybridized carbons (Fsp3) is 0.400. The summed E-state index contributed by atoms with van der Waals surface area (Å²) in [6.07, 6.45) is 3.71. The van der Waals surface area contributed by atoms with Gasteiger partial charge in [-0.15, -0.1) is 0 Å². The van der Waals surface area contributed by atoms with E-state index in [-0.39, 0.29) is 5.82 Å². The minimum absolute atomic E-state index is 0.223. The molecule has 0 saturated carbocycles. The Morgan fingerprint density at radius 1 is 1.40 bits per heavy atom. The Morgan fingerprint density at radius 3 is 2.85 bits per heavy atom. The summed E-state index contributed by atoms with van der Waals surface area (Å²) in [5, 5.41) is 9.87. The molecule has 2 aromatic rings. The average Bonchev–Trinajstić information content (AvgIpc) is 2.82. The largest absolute Gasteiger partial charge is 0.465 e. The first-order chi connectivity index (χ1) is 9.63. The summed E-state index contributed by atoms with van der Waals surface area (Å²) in [5.74, 6) is 0.243. The van der Waals surface area contributed by atoms with Gasteiger partial charge in [-0.05, 0) is 48.9 Å². The van der Waals surface area contributed by atoms with Crippen molar-refractivity contribution in [1.29, 1.82) is 0 Å². The number of hydrogen-bond acceptors (Lipinski definition) is 1. The van der Waals surface area contributed by atoms with Gasteiger partial charge in [0.25, 0.3) is 0 Å². The lowest BCUT2D eigenvalue weighted by atomic mass is 9.90. The third-order valence-electron chi connectivity index (χ3n) is 4.12. The lowest BCUT2D eigenvalue weighted by molar-refractivity contribution is 0.124. The predicted octanol–water partition coefficient (Wildman–Crippen LogP) is 3.24. The van der Waals surface area contributed by atoms with Gasteiger partial charge in [0.15, 0.2) is 0 Å². The smallest absolute Gasteiger partial charge is 0.407 e. The molecule has 0 atom stereocenters. The van der Waals surface area contributed by atoms with Crippen LogP contribution in [0.1, 0.15) is 18.4 Å². The molecule has 1 aliphatic heterocycles. The van der Waals surface area contributed by atoms with Crippen LogP contribution in [0.2, 0.25) is 0 Å². The molecule has 106 valence electrons. The topological polar surface area (TPSA) is 56.3 Å². The fourth-order valence-corrected chi connectivity index (χ4v) is 2.96. The highest BCUT2D eigenvalue weighted by atomic mass is 19.1. The zero-order valence-corrected chi connectivity index (χ0v) is 11.1. The van der Waals surface area contributed by atoms with Gasteiger partial charge >= 0.3 is 6.09 Å². The maximum Gasteiger partial charge on any atom is 0.407 e. The molecule has 1 saturated heterocycles. The van der Waals surface area contributed by atoms with E-state index in [2.05, 4.69) is 4.98 Å². The molecule has 1 amide bonds. The molecule has 1 fully saturated rings. The van der Waals surface area contributed by atoms with Crippen molar-refractivity contribution in [3.8, 4) is 0 Å². The number of carbonyl (C=O) groups is 1. The highest BCUT2D eigenvalue weighted by Crippen LogP contribution is 2.26. The van der Waals surface area contributed by atoms with Gasteiger partial charge < -0.3 is 15.0 Å². The van der Waals surface area contributed by atoms with E-state index >= 15 is 0 Å². The number of H-pyrrole nitrogens is 1. The van der Waals surface area contributed by atoms with Gasteiger partial charge in [0.05, 0.1) is 0 Å². The average molecular weight is 276 g/mol. The number of likely N-dealkylation sites (tertiary alicyclic amines) is 1. The number of benzene rings is 1. The van der Waals surface area contributed by atoms with Crippen molar-refractivity contribution in [2.75, 3.05) is 13.1 Å². The van der Waals surface area contributed by atoms with Gasteiger partial charge in [0.1, 0.15) is 5.82 Å². The molecule has 2 N–H and O–H groups in total. The maximum absolute atomic E-state index is 13.3. The zero-order chi connectivity index (χ0) is 14.1. The number of hydrogen-bond donors (Lipinski definition) is 2. The van der Waals surface area contributed by atoms with E-state index in [9.17, 15) is 9.18 Å². The number of aromatic amines is 1. The van der Waals surface area contributed by atoms with Gasteiger partial charge in [0.2, 0.25) is 0 Å². The van der Waals surface area contributed by atoms with Gasteiger partial charge in [-0.25, -0.2) is 9.18 Å². The van der Waals surface area contributed by atoms with Crippen molar-refractivity contribution < 1.29 is 14.3 Å². The van der Waals surface area contributed by atoms with Crippen LogP contribution in [0.5, 0.6) is 0 Å². The summed E-state index contributed by atoms with van der Waals surface area (Å²) in [7, 11) is 0. The normalized spacial score (nSPS) is 16.8. The van der Waals surface area contributed by atoms with Crippen LogP contribution in [0.3, 0.4) is 0 Å². The fourth-order valence-electron chi connectivity index (χ4n) is 2.96. The van der Waals surface area contributed by atoms with Crippen molar-refractivity contribution in [2.24, 2.45) is 5.92 Å². The SMILES string of the molecule is O=C(O)N1CCC(Cc2c[nH]c3ccc(F)cc23)CC1. The molecular formula is C15H17FN2O2. The molecule has 2 heterocycles. The summed E-state index contributed by atoms with van der Waals surface area (Å²) in [6.45, 7) is 1.19. The van der Waals surface area contributed by atoms with Crippen LogP contribution in [0.25, 0.3) is 10.9 Å². The number of halogens is 1. The number of rotatable bonds is 2.